The second kappa shape index (κ2) is 7.13. The number of nitrogens with zero attached hydrogens (tertiary/aromatic N) is 2. The quantitative estimate of drug-likeness (QED) is 0.843. The van der Waals surface area contributed by atoms with Gasteiger partial charge in [-0.1, -0.05) is 6.92 Å². The first kappa shape index (κ1) is 16.8. The molecule has 2 N–H and O–H groups in total. The van der Waals surface area contributed by atoms with Gasteiger partial charge in [0.2, 0.25) is 5.91 Å². The molecule has 1 aromatic heterocycles. The van der Waals surface area contributed by atoms with E-state index < -0.39 is 0 Å². The fraction of sp³-hybridized carbons (Fsp3) is 0.438. The summed E-state index contributed by atoms with van der Waals surface area (Å²) in [5.74, 6) is -0.500. The van der Waals surface area contributed by atoms with E-state index in [0.29, 0.717) is 24.7 Å². The SMILES string of the molecule is CCOc1nc2ccc(C(=O)N(C)CC(C)C(=O)NC)cc2[nH]1. The van der Waals surface area contributed by atoms with Crippen molar-refractivity contribution in [2.75, 3.05) is 27.2 Å². The molecule has 0 aliphatic heterocycles. The van der Waals surface area contributed by atoms with E-state index in [0.717, 1.165) is 11.0 Å². The number of aromatic amines is 1. The summed E-state index contributed by atoms with van der Waals surface area (Å²) in [6.45, 7) is 4.54. The van der Waals surface area contributed by atoms with Gasteiger partial charge in [-0.05, 0) is 25.1 Å². The van der Waals surface area contributed by atoms with Crippen molar-refractivity contribution >= 4 is 22.8 Å². The Morgan fingerprint density at radius 3 is 2.83 bits per heavy atom. The predicted octanol–water partition coefficient (Wildman–Crippen LogP) is 1.42. The van der Waals surface area contributed by atoms with Crippen LogP contribution in [0.3, 0.4) is 0 Å². The molecule has 0 saturated carbocycles. The molecule has 0 bridgehead atoms. The van der Waals surface area contributed by atoms with Gasteiger partial charge in [-0.2, -0.15) is 4.98 Å². The van der Waals surface area contributed by atoms with Crippen LogP contribution in [-0.2, 0) is 4.79 Å². The average Bonchev–Trinajstić information content (AvgIpc) is 2.94. The molecule has 23 heavy (non-hydrogen) atoms. The number of carbonyl (C=O) groups is 2. The number of benzene rings is 1. The van der Waals surface area contributed by atoms with Crippen LogP contribution in [0.25, 0.3) is 11.0 Å². The van der Waals surface area contributed by atoms with Crippen molar-refractivity contribution in [1.82, 2.24) is 20.2 Å². The molecule has 0 aliphatic carbocycles. The minimum Gasteiger partial charge on any atom is -0.465 e. The van der Waals surface area contributed by atoms with Gasteiger partial charge in [-0.3, -0.25) is 9.59 Å². The summed E-state index contributed by atoms with van der Waals surface area (Å²) >= 11 is 0. The number of rotatable bonds is 6. The fourth-order valence-electron chi connectivity index (χ4n) is 2.37. The van der Waals surface area contributed by atoms with E-state index in [-0.39, 0.29) is 17.7 Å². The molecule has 0 fully saturated rings. The third-order valence-electron chi connectivity index (χ3n) is 3.58. The molecule has 1 aromatic carbocycles. The van der Waals surface area contributed by atoms with Crippen LogP contribution in [0.15, 0.2) is 18.2 Å². The van der Waals surface area contributed by atoms with Gasteiger partial charge in [0.15, 0.2) is 0 Å². The van der Waals surface area contributed by atoms with Crippen molar-refractivity contribution < 1.29 is 14.3 Å². The molecule has 0 spiro atoms. The Bertz CT molecular complexity index is 710. The molecule has 1 heterocycles. The van der Waals surface area contributed by atoms with E-state index in [4.69, 9.17) is 4.74 Å². The van der Waals surface area contributed by atoms with Gasteiger partial charge in [-0.15, -0.1) is 0 Å². The molecule has 1 atom stereocenters. The third kappa shape index (κ3) is 3.80. The van der Waals surface area contributed by atoms with Crippen LogP contribution >= 0.6 is 0 Å². The second-order valence-corrected chi connectivity index (χ2v) is 5.41. The zero-order valence-electron chi connectivity index (χ0n) is 13.8. The van der Waals surface area contributed by atoms with Crippen molar-refractivity contribution in [1.29, 1.82) is 0 Å². The lowest BCUT2D eigenvalue weighted by Crippen LogP contribution is -2.37. The van der Waals surface area contributed by atoms with Crippen molar-refractivity contribution in [3.05, 3.63) is 23.8 Å². The van der Waals surface area contributed by atoms with Crippen LogP contribution < -0.4 is 10.1 Å². The average molecular weight is 318 g/mol. The van der Waals surface area contributed by atoms with Gasteiger partial charge in [0.1, 0.15) is 0 Å². The maximum atomic E-state index is 12.5. The normalized spacial score (nSPS) is 12.0. The largest absolute Gasteiger partial charge is 0.465 e. The molecule has 0 aliphatic rings. The van der Waals surface area contributed by atoms with E-state index >= 15 is 0 Å². The summed E-state index contributed by atoms with van der Waals surface area (Å²) in [7, 11) is 3.27. The lowest BCUT2D eigenvalue weighted by Gasteiger charge is -2.20. The van der Waals surface area contributed by atoms with Gasteiger partial charge in [-0.25, -0.2) is 0 Å². The molecule has 0 radical (unpaired) electrons. The highest BCUT2D eigenvalue weighted by atomic mass is 16.5. The van der Waals surface area contributed by atoms with Crippen molar-refractivity contribution in [2.45, 2.75) is 13.8 Å². The number of aromatic nitrogens is 2. The van der Waals surface area contributed by atoms with E-state index in [2.05, 4.69) is 15.3 Å². The van der Waals surface area contributed by atoms with E-state index in [9.17, 15) is 9.59 Å². The molecular formula is C16H22N4O3. The molecule has 124 valence electrons. The van der Waals surface area contributed by atoms with E-state index in [1.54, 1.807) is 44.1 Å². The third-order valence-corrected chi connectivity index (χ3v) is 3.58. The minimum atomic E-state index is -0.269. The molecular weight excluding hydrogens is 296 g/mol. The highest BCUT2D eigenvalue weighted by molar-refractivity contribution is 5.97. The Kier molecular flexibility index (Phi) is 5.20. The molecule has 2 rings (SSSR count). The number of ether oxygens (including phenoxy) is 1. The summed E-state index contributed by atoms with van der Waals surface area (Å²) in [4.78, 5) is 32.9. The lowest BCUT2D eigenvalue weighted by atomic mass is 10.1. The van der Waals surface area contributed by atoms with Crippen LogP contribution in [0.1, 0.15) is 24.2 Å². The molecule has 2 amide bonds. The predicted molar refractivity (Wildman–Crippen MR) is 87.5 cm³/mol. The van der Waals surface area contributed by atoms with Gasteiger partial charge < -0.3 is 19.9 Å². The standard InChI is InChI=1S/C16H22N4O3/c1-5-23-16-18-12-7-6-11(8-13(12)19-16)15(22)20(4)9-10(2)14(21)17-3/h6-8,10H,5,9H2,1-4H3,(H,17,21)(H,18,19). The molecule has 1 unspecified atom stereocenters. The molecule has 7 heteroatoms. The number of hydrogen-bond acceptors (Lipinski definition) is 4. The first-order valence-corrected chi connectivity index (χ1v) is 7.55. The van der Waals surface area contributed by atoms with Gasteiger partial charge in [0, 0.05) is 26.2 Å². The highest BCUT2D eigenvalue weighted by Crippen LogP contribution is 2.18. The van der Waals surface area contributed by atoms with Crippen LogP contribution in [0.2, 0.25) is 0 Å². The van der Waals surface area contributed by atoms with Crippen LogP contribution in [-0.4, -0.2) is 53.9 Å². The zero-order chi connectivity index (χ0) is 17.0. The number of fused-ring (bicyclic) bond motifs is 1. The summed E-state index contributed by atoms with van der Waals surface area (Å²) < 4.78 is 5.32. The zero-order valence-corrected chi connectivity index (χ0v) is 13.8. The highest BCUT2D eigenvalue weighted by Gasteiger charge is 2.19. The number of carbonyl (C=O) groups excluding carboxylic acids is 2. The van der Waals surface area contributed by atoms with Crippen molar-refractivity contribution in [3.8, 4) is 6.01 Å². The molecule has 2 aromatic rings. The van der Waals surface area contributed by atoms with Crippen molar-refractivity contribution in [3.63, 3.8) is 0 Å². The smallest absolute Gasteiger partial charge is 0.294 e. The maximum Gasteiger partial charge on any atom is 0.294 e. The first-order chi connectivity index (χ1) is 11.0. The maximum absolute atomic E-state index is 12.5. The second-order valence-electron chi connectivity index (χ2n) is 5.41. The Hall–Kier alpha value is -2.57. The van der Waals surface area contributed by atoms with Gasteiger partial charge >= 0.3 is 0 Å². The number of amides is 2. The summed E-state index contributed by atoms with van der Waals surface area (Å²) in [6.07, 6.45) is 0. The minimum absolute atomic E-state index is 0.0879. The monoisotopic (exact) mass is 318 g/mol. The number of hydrogen-bond donors (Lipinski definition) is 2. The van der Waals surface area contributed by atoms with E-state index in [1.165, 1.54) is 0 Å². The first-order valence-electron chi connectivity index (χ1n) is 7.55. The Morgan fingerprint density at radius 1 is 1.43 bits per heavy atom. The molecule has 0 saturated heterocycles. The summed E-state index contributed by atoms with van der Waals surface area (Å²) in [6, 6.07) is 5.68. The lowest BCUT2D eigenvalue weighted by molar-refractivity contribution is -0.124. The van der Waals surface area contributed by atoms with Crippen molar-refractivity contribution in [2.24, 2.45) is 5.92 Å². The number of nitrogens with one attached hydrogen (secondary N) is 2. The summed E-state index contributed by atoms with van der Waals surface area (Å²) in [5, 5.41) is 2.58. The Morgan fingerprint density at radius 2 is 2.17 bits per heavy atom. The van der Waals surface area contributed by atoms with Crippen LogP contribution in [0.5, 0.6) is 6.01 Å². The fourth-order valence-corrected chi connectivity index (χ4v) is 2.37. The number of imidazole rings is 1. The van der Waals surface area contributed by atoms with Gasteiger partial charge in [0.25, 0.3) is 11.9 Å². The Balaban J connectivity index is 2.15. The van der Waals surface area contributed by atoms with E-state index in [1.807, 2.05) is 6.92 Å². The number of H-pyrrole nitrogens is 1. The summed E-state index contributed by atoms with van der Waals surface area (Å²) in [5.41, 5.74) is 2.02. The van der Waals surface area contributed by atoms with Crippen LogP contribution in [0.4, 0.5) is 0 Å². The molecule has 7 nitrogen and oxygen atoms in total. The topological polar surface area (TPSA) is 87.3 Å². The van der Waals surface area contributed by atoms with Crippen LogP contribution in [0, 0.1) is 5.92 Å². The van der Waals surface area contributed by atoms with Gasteiger partial charge in [0.05, 0.1) is 23.6 Å². The Labute approximate surface area is 135 Å².